The Morgan fingerprint density at radius 2 is 2.16 bits per heavy atom. The van der Waals surface area contributed by atoms with E-state index in [9.17, 15) is 13.4 Å². The van der Waals surface area contributed by atoms with Crippen molar-refractivity contribution in [2.45, 2.75) is 12.8 Å². The molecule has 3 aromatic rings. The van der Waals surface area contributed by atoms with Crippen LogP contribution in [-0.2, 0) is 17.7 Å². The van der Waals surface area contributed by atoms with Crippen molar-refractivity contribution in [2.75, 3.05) is 6.54 Å². The van der Waals surface area contributed by atoms with Crippen LogP contribution in [0.25, 0.3) is 11.2 Å². The van der Waals surface area contributed by atoms with Gasteiger partial charge in [0.2, 0.25) is 22.8 Å². The normalized spacial score (nSPS) is 12.4. The summed E-state index contributed by atoms with van der Waals surface area (Å²) in [6, 6.07) is 7.20. The van der Waals surface area contributed by atoms with Gasteiger partial charge in [0, 0.05) is 12.1 Å². The Balaban J connectivity index is 1.78. The minimum absolute atomic E-state index is 0.137. The van der Waals surface area contributed by atoms with Crippen molar-refractivity contribution in [2.24, 2.45) is 0 Å². The second-order valence-corrected chi connectivity index (χ2v) is 6.08. The highest BCUT2D eigenvalue weighted by Crippen LogP contribution is 2.17. The van der Waals surface area contributed by atoms with Crippen LogP contribution in [0.5, 0.6) is 0 Å². The van der Waals surface area contributed by atoms with Crippen LogP contribution in [0.15, 0.2) is 41.1 Å². The molecular weight excluding hydrogens is 349 g/mol. The number of carbonyl (C=O) groups is 1. The summed E-state index contributed by atoms with van der Waals surface area (Å²) in [4.78, 5) is 20.6. The van der Waals surface area contributed by atoms with Crippen LogP contribution < -0.4 is 4.72 Å². The lowest BCUT2D eigenvalue weighted by atomic mass is 10.0. The molecule has 25 heavy (non-hydrogen) atoms. The van der Waals surface area contributed by atoms with Crippen LogP contribution in [0, 0.1) is 5.82 Å². The Morgan fingerprint density at radius 3 is 2.96 bits per heavy atom. The summed E-state index contributed by atoms with van der Waals surface area (Å²) in [6.45, 7) is 0.298. The minimum atomic E-state index is -2.07. The molecule has 0 aliphatic heterocycles. The lowest BCUT2D eigenvalue weighted by molar-refractivity contribution is 0.103. The molecule has 2 aromatic heterocycles. The summed E-state index contributed by atoms with van der Waals surface area (Å²) in [7, 11) is 0. The number of rotatable bonds is 7. The molecule has 0 saturated heterocycles. The standard InChI is InChI=1S/C16H14FN3O4S/c17-12-7-10(2-1-5-19-25(22)23)6-11(8-12)15(21)13-3-4-14-16(20-13)24-9-18-14/h3-4,6-9,19H,1-2,5H2,(H,22,23). The molecular formula is C16H14FN3O4S. The number of oxazole rings is 1. The highest BCUT2D eigenvalue weighted by molar-refractivity contribution is 7.77. The van der Waals surface area contributed by atoms with Gasteiger partial charge in [-0.1, -0.05) is 0 Å². The van der Waals surface area contributed by atoms with Crippen LogP contribution in [0.3, 0.4) is 0 Å². The first-order valence-electron chi connectivity index (χ1n) is 7.42. The summed E-state index contributed by atoms with van der Waals surface area (Å²) < 4.78 is 40.4. The maximum Gasteiger partial charge on any atom is 0.247 e. The fraction of sp³-hybridized carbons (Fsp3) is 0.188. The molecule has 3 rings (SSSR count). The third kappa shape index (κ3) is 4.32. The van der Waals surface area contributed by atoms with Crippen molar-refractivity contribution >= 4 is 28.3 Å². The Labute approximate surface area is 144 Å². The summed E-state index contributed by atoms with van der Waals surface area (Å²) in [6.07, 6.45) is 2.21. The molecule has 0 aliphatic rings. The van der Waals surface area contributed by atoms with Crippen molar-refractivity contribution in [3.63, 3.8) is 0 Å². The van der Waals surface area contributed by atoms with Gasteiger partial charge in [0.15, 0.2) is 6.39 Å². The fourth-order valence-corrected chi connectivity index (χ4v) is 2.72. The van der Waals surface area contributed by atoms with Gasteiger partial charge in [0.05, 0.1) is 0 Å². The second kappa shape index (κ2) is 7.60. The molecule has 0 bridgehead atoms. The smallest absolute Gasteiger partial charge is 0.247 e. The third-order valence-electron chi connectivity index (χ3n) is 3.52. The average Bonchev–Trinajstić information content (AvgIpc) is 3.05. The second-order valence-electron chi connectivity index (χ2n) is 5.30. The van der Waals surface area contributed by atoms with E-state index in [1.165, 1.54) is 18.5 Å². The molecule has 0 aliphatic carbocycles. The van der Waals surface area contributed by atoms with Crippen LogP contribution in [-0.4, -0.2) is 31.1 Å². The quantitative estimate of drug-likeness (QED) is 0.379. The molecule has 130 valence electrons. The lowest BCUT2D eigenvalue weighted by Crippen LogP contribution is -2.17. The molecule has 0 saturated carbocycles. The van der Waals surface area contributed by atoms with Gasteiger partial charge in [-0.15, -0.1) is 0 Å². The SMILES string of the molecule is O=C(c1cc(F)cc(CCCNS(=O)O)c1)c1ccc2ncoc2n1. The summed E-state index contributed by atoms with van der Waals surface area (Å²) in [5.41, 5.74) is 1.71. The number of hydrogen-bond donors (Lipinski definition) is 2. The summed E-state index contributed by atoms with van der Waals surface area (Å²) >= 11 is -2.07. The number of benzene rings is 1. The monoisotopic (exact) mass is 363 g/mol. The van der Waals surface area contributed by atoms with E-state index in [0.29, 0.717) is 30.5 Å². The largest absolute Gasteiger partial charge is 0.425 e. The highest BCUT2D eigenvalue weighted by Gasteiger charge is 2.14. The van der Waals surface area contributed by atoms with Crippen LogP contribution in [0.2, 0.25) is 0 Å². The number of nitrogens with zero attached hydrogens (tertiary/aromatic N) is 2. The van der Waals surface area contributed by atoms with E-state index in [2.05, 4.69) is 14.7 Å². The number of pyridine rings is 1. The van der Waals surface area contributed by atoms with E-state index in [4.69, 9.17) is 8.97 Å². The van der Waals surface area contributed by atoms with Crippen molar-refractivity contribution in [1.29, 1.82) is 0 Å². The highest BCUT2D eigenvalue weighted by atomic mass is 32.2. The zero-order valence-corrected chi connectivity index (χ0v) is 13.8. The Hall–Kier alpha value is -2.49. The van der Waals surface area contributed by atoms with Gasteiger partial charge in [-0.2, -0.15) is 0 Å². The first-order chi connectivity index (χ1) is 12.0. The number of halogens is 1. The van der Waals surface area contributed by atoms with Crippen molar-refractivity contribution < 1.29 is 22.4 Å². The fourth-order valence-electron chi connectivity index (χ4n) is 2.40. The molecule has 0 spiro atoms. The predicted molar refractivity (Wildman–Crippen MR) is 88.7 cm³/mol. The average molecular weight is 363 g/mol. The van der Waals surface area contributed by atoms with E-state index in [1.54, 1.807) is 12.1 Å². The molecule has 0 amide bonds. The molecule has 2 heterocycles. The van der Waals surface area contributed by atoms with Crippen LogP contribution >= 0.6 is 0 Å². The van der Waals surface area contributed by atoms with Crippen molar-refractivity contribution in [3.8, 4) is 0 Å². The van der Waals surface area contributed by atoms with E-state index >= 15 is 0 Å². The van der Waals surface area contributed by atoms with Crippen molar-refractivity contribution in [3.05, 3.63) is 59.4 Å². The zero-order chi connectivity index (χ0) is 17.8. The van der Waals surface area contributed by atoms with Gasteiger partial charge in [-0.05, 0) is 48.7 Å². The third-order valence-corrected chi connectivity index (χ3v) is 3.97. The molecule has 9 heteroatoms. The number of hydrogen-bond acceptors (Lipinski definition) is 5. The van der Waals surface area contributed by atoms with Gasteiger partial charge in [-0.25, -0.2) is 23.3 Å². The molecule has 0 fully saturated rings. The molecule has 1 unspecified atom stereocenters. The van der Waals surface area contributed by atoms with Gasteiger partial charge in [-0.3, -0.25) is 9.35 Å². The van der Waals surface area contributed by atoms with E-state index in [-0.39, 0.29) is 17.0 Å². The van der Waals surface area contributed by atoms with E-state index in [0.717, 1.165) is 6.07 Å². The molecule has 7 nitrogen and oxygen atoms in total. The first kappa shape index (κ1) is 17.3. The minimum Gasteiger partial charge on any atom is -0.425 e. The maximum atomic E-state index is 13.8. The maximum absolute atomic E-state index is 13.8. The van der Waals surface area contributed by atoms with Crippen LogP contribution in [0.4, 0.5) is 4.39 Å². The Kier molecular flexibility index (Phi) is 5.27. The Morgan fingerprint density at radius 1 is 1.32 bits per heavy atom. The van der Waals surface area contributed by atoms with E-state index in [1.807, 2.05) is 0 Å². The zero-order valence-electron chi connectivity index (χ0n) is 12.9. The van der Waals surface area contributed by atoms with Gasteiger partial charge in [0.25, 0.3) is 0 Å². The number of nitrogens with one attached hydrogen (secondary N) is 1. The summed E-state index contributed by atoms with van der Waals surface area (Å²) in [5.74, 6) is -0.950. The number of carbonyl (C=O) groups excluding carboxylic acids is 1. The lowest BCUT2D eigenvalue weighted by Gasteiger charge is -2.06. The number of aromatic nitrogens is 2. The van der Waals surface area contributed by atoms with Gasteiger partial charge >= 0.3 is 0 Å². The van der Waals surface area contributed by atoms with E-state index < -0.39 is 22.9 Å². The van der Waals surface area contributed by atoms with Crippen molar-refractivity contribution in [1.82, 2.24) is 14.7 Å². The van der Waals surface area contributed by atoms with Crippen LogP contribution in [0.1, 0.15) is 28.0 Å². The van der Waals surface area contributed by atoms with Gasteiger partial charge in [0.1, 0.15) is 17.0 Å². The molecule has 1 aromatic carbocycles. The first-order valence-corrected chi connectivity index (χ1v) is 8.52. The molecule has 1 atom stereocenters. The topological polar surface area (TPSA) is 105 Å². The molecule has 0 radical (unpaired) electrons. The number of fused-ring (bicyclic) bond motifs is 1. The Bertz CT molecular complexity index is 944. The van der Waals surface area contributed by atoms with Gasteiger partial charge < -0.3 is 4.42 Å². The molecule has 2 N–H and O–H groups in total. The summed E-state index contributed by atoms with van der Waals surface area (Å²) in [5, 5.41) is 0. The number of ketones is 1. The predicted octanol–water partition coefficient (Wildman–Crippen LogP) is 2.25. The number of aryl methyl sites for hydroxylation is 1.